The van der Waals surface area contributed by atoms with Crippen LogP contribution in [0.1, 0.15) is 49.4 Å². The van der Waals surface area contributed by atoms with Gasteiger partial charge in [-0.1, -0.05) is 36.7 Å². The van der Waals surface area contributed by atoms with Crippen LogP contribution in [0.3, 0.4) is 0 Å². The average molecular weight is 329 g/mol. The number of nitrogens with zero attached hydrogens (tertiary/aromatic N) is 3. The van der Waals surface area contributed by atoms with Gasteiger partial charge in [0.05, 0.1) is 7.11 Å². The second kappa shape index (κ2) is 7.47. The van der Waals surface area contributed by atoms with Gasteiger partial charge in [0, 0.05) is 37.4 Å². The summed E-state index contributed by atoms with van der Waals surface area (Å²) in [6.45, 7) is 3.28. The van der Waals surface area contributed by atoms with E-state index in [1.807, 2.05) is 29.2 Å². The van der Waals surface area contributed by atoms with E-state index in [9.17, 15) is 4.79 Å². The number of amides is 1. The zero-order valence-corrected chi connectivity index (χ0v) is 14.2. The molecule has 0 saturated carbocycles. The molecule has 1 aliphatic rings. The van der Waals surface area contributed by atoms with Gasteiger partial charge in [-0.2, -0.15) is 4.98 Å². The molecule has 1 saturated heterocycles. The highest BCUT2D eigenvalue weighted by molar-refractivity contribution is 5.79. The van der Waals surface area contributed by atoms with E-state index in [2.05, 4.69) is 17.1 Å². The molecule has 0 aliphatic carbocycles. The molecule has 1 aromatic heterocycles. The van der Waals surface area contributed by atoms with Crippen molar-refractivity contribution in [1.29, 1.82) is 0 Å². The second-order valence-corrected chi connectivity index (χ2v) is 6.14. The molecular weight excluding hydrogens is 306 g/mol. The maximum Gasteiger partial charge on any atom is 0.226 e. The van der Waals surface area contributed by atoms with E-state index in [1.54, 1.807) is 7.11 Å². The summed E-state index contributed by atoms with van der Waals surface area (Å²) in [6.07, 6.45) is 3.36. The van der Waals surface area contributed by atoms with Crippen LogP contribution < -0.4 is 4.74 Å². The van der Waals surface area contributed by atoms with E-state index in [1.165, 1.54) is 0 Å². The number of benzene rings is 1. The Morgan fingerprint density at radius 1 is 1.38 bits per heavy atom. The average Bonchev–Trinajstić information content (AvgIpc) is 3.21. The standard InChI is InChI=1S/C18H23N3O3/c1-3-4-9-16-19-18(20-24-16)14-10-17(22)21(12-14)11-13-7-5-6-8-15(13)23-2/h5-8,14H,3-4,9-12H2,1-2H3. The molecule has 1 fully saturated rings. The van der Waals surface area contributed by atoms with Crippen molar-refractivity contribution < 1.29 is 14.1 Å². The van der Waals surface area contributed by atoms with E-state index in [0.29, 0.717) is 31.2 Å². The van der Waals surface area contributed by atoms with Crippen LogP contribution in [0.5, 0.6) is 5.75 Å². The maximum atomic E-state index is 12.3. The first kappa shape index (κ1) is 16.5. The third-order valence-electron chi connectivity index (χ3n) is 4.36. The summed E-state index contributed by atoms with van der Waals surface area (Å²) in [5, 5.41) is 4.07. The Balaban J connectivity index is 1.66. The fourth-order valence-electron chi connectivity index (χ4n) is 3.00. The summed E-state index contributed by atoms with van der Waals surface area (Å²) in [5.74, 6) is 2.24. The molecule has 6 nitrogen and oxygen atoms in total. The number of hydrogen-bond acceptors (Lipinski definition) is 5. The minimum absolute atomic E-state index is 0.00586. The van der Waals surface area contributed by atoms with E-state index >= 15 is 0 Å². The Hall–Kier alpha value is -2.37. The molecule has 6 heteroatoms. The summed E-state index contributed by atoms with van der Waals surface area (Å²) < 4.78 is 10.7. The second-order valence-electron chi connectivity index (χ2n) is 6.14. The van der Waals surface area contributed by atoms with Crippen molar-refractivity contribution in [2.75, 3.05) is 13.7 Å². The Kier molecular flexibility index (Phi) is 5.13. The van der Waals surface area contributed by atoms with Crippen LogP contribution in [-0.2, 0) is 17.8 Å². The number of hydrogen-bond donors (Lipinski definition) is 0. The van der Waals surface area contributed by atoms with Gasteiger partial charge in [-0.15, -0.1) is 0 Å². The van der Waals surface area contributed by atoms with E-state index in [0.717, 1.165) is 30.6 Å². The number of likely N-dealkylation sites (tertiary alicyclic amines) is 1. The highest BCUT2D eigenvalue weighted by atomic mass is 16.5. The topological polar surface area (TPSA) is 68.5 Å². The van der Waals surface area contributed by atoms with Gasteiger partial charge >= 0.3 is 0 Å². The summed E-state index contributed by atoms with van der Waals surface area (Å²) in [5.41, 5.74) is 1.01. The first-order valence-corrected chi connectivity index (χ1v) is 8.43. The van der Waals surface area contributed by atoms with Crippen LogP contribution in [0.15, 0.2) is 28.8 Å². The summed E-state index contributed by atoms with van der Waals surface area (Å²) in [4.78, 5) is 18.6. The third-order valence-corrected chi connectivity index (χ3v) is 4.36. The van der Waals surface area contributed by atoms with Crippen molar-refractivity contribution in [3.8, 4) is 5.75 Å². The molecule has 2 heterocycles. The largest absolute Gasteiger partial charge is 0.496 e. The van der Waals surface area contributed by atoms with Gasteiger partial charge in [-0.25, -0.2) is 0 Å². The number of rotatable bonds is 7. The number of ether oxygens (including phenoxy) is 1. The van der Waals surface area contributed by atoms with Crippen molar-refractivity contribution in [2.24, 2.45) is 0 Å². The minimum Gasteiger partial charge on any atom is -0.496 e. The number of carbonyl (C=O) groups is 1. The van der Waals surface area contributed by atoms with Crippen LogP contribution in [0.2, 0.25) is 0 Å². The highest BCUT2D eigenvalue weighted by Crippen LogP contribution is 2.29. The van der Waals surface area contributed by atoms with Gasteiger partial charge in [0.25, 0.3) is 0 Å². The molecule has 1 aromatic carbocycles. The van der Waals surface area contributed by atoms with E-state index in [4.69, 9.17) is 9.26 Å². The molecule has 1 amide bonds. The normalized spacial score (nSPS) is 17.5. The third kappa shape index (κ3) is 3.58. The molecule has 0 N–H and O–H groups in total. The maximum absolute atomic E-state index is 12.3. The molecule has 128 valence electrons. The molecule has 1 unspecified atom stereocenters. The number of aryl methyl sites for hydroxylation is 1. The lowest BCUT2D eigenvalue weighted by Gasteiger charge is -2.17. The summed E-state index contributed by atoms with van der Waals surface area (Å²) in [7, 11) is 1.64. The molecule has 1 aliphatic heterocycles. The Morgan fingerprint density at radius 2 is 2.21 bits per heavy atom. The predicted octanol–water partition coefficient (Wildman–Crippen LogP) is 2.94. The molecule has 24 heavy (non-hydrogen) atoms. The van der Waals surface area contributed by atoms with Gasteiger partial charge in [0.15, 0.2) is 5.82 Å². The number of methoxy groups -OCH3 is 1. The van der Waals surface area contributed by atoms with Crippen LogP contribution >= 0.6 is 0 Å². The van der Waals surface area contributed by atoms with Crippen LogP contribution in [0.25, 0.3) is 0 Å². The van der Waals surface area contributed by atoms with Crippen LogP contribution in [0, 0.1) is 0 Å². The van der Waals surface area contributed by atoms with E-state index in [-0.39, 0.29) is 11.8 Å². The lowest BCUT2D eigenvalue weighted by Crippen LogP contribution is -2.24. The van der Waals surface area contributed by atoms with Crippen molar-refractivity contribution in [3.05, 3.63) is 41.5 Å². The Bertz CT molecular complexity index is 698. The van der Waals surface area contributed by atoms with Crippen molar-refractivity contribution >= 4 is 5.91 Å². The zero-order valence-electron chi connectivity index (χ0n) is 14.2. The first-order chi connectivity index (χ1) is 11.7. The van der Waals surface area contributed by atoms with Crippen molar-refractivity contribution in [1.82, 2.24) is 15.0 Å². The zero-order chi connectivity index (χ0) is 16.9. The van der Waals surface area contributed by atoms with Gasteiger partial charge in [0.1, 0.15) is 5.75 Å². The smallest absolute Gasteiger partial charge is 0.226 e. The summed E-state index contributed by atoms with van der Waals surface area (Å²) >= 11 is 0. The fraction of sp³-hybridized carbons (Fsp3) is 0.500. The number of para-hydroxylation sites is 1. The Labute approximate surface area is 141 Å². The summed E-state index contributed by atoms with van der Waals surface area (Å²) in [6, 6.07) is 7.77. The molecule has 0 bridgehead atoms. The molecule has 0 spiro atoms. The molecule has 3 rings (SSSR count). The lowest BCUT2D eigenvalue weighted by molar-refractivity contribution is -0.128. The molecule has 0 radical (unpaired) electrons. The van der Waals surface area contributed by atoms with Gasteiger partial charge in [-0.3, -0.25) is 4.79 Å². The van der Waals surface area contributed by atoms with Gasteiger partial charge in [-0.05, 0) is 12.5 Å². The van der Waals surface area contributed by atoms with Crippen LogP contribution in [-0.4, -0.2) is 34.6 Å². The highest BCUT2D eigenvalue weighted by Gasteiger charge is 2.33. The van der Waals surface area contributed by atoms with Crippen molar-refractivity contribution in [2.45, 2.75) is 45.1 Å². The Morgan fingerprint density at radius 3 is 3.00 bits per heavy atom. The minimum atomic E-state index is 0.00586. The van der Waals surface area contributed by atoms with Gasteiger partial charge in [0.2, 0.25) is 11.8 Å². The number of carbonyl (C=O) groups excluding carboxylic acids is 1. The molecular formula is C18H23N3O3. The number of aromatic nitrogens is 2. The number of unbranched alkanes of at least 4 members (excludes halogenated alkanes) is 1. The molecule has 1 atom stereocenters. The van der Waals surface area contributed by atoms with Crippen molar-refractivity contribution in [3.63, 3.8) is 0 Å². The SMILES string of the molecule is CCCCc1nc(C2CC(=O)N(Cc3ccccc3OC)C2)no1. The fourth-order valence-corrected chi connectivity index (χ4v) is 3.00. The monoisotopic (exact) mass is 329 g/mol. The van der Waals surface area contributed by atoms with Crippen LogP contribution in [0.4, 0.5) is 0 Å². The van der Waals surface area contributed by atoms with E-state index < -0.39 is 0 Å². The first-order valence-electron chi connectivity index (χ1n) is 8.43. The lowest BCUT2D eigenvalue weighted by atomic mass is 10.1. The molecule has 2 aromatic rings. The predicted molar refractivity (Wildman–Crippen MR) is 88.7 cm³/mol. The van der Waals surface area contributed by atoms with Gasteiger partial charge < -0.3 is 14.2 Å². The quantitative estimate of drug-likeness (QED) is 0.781.